The fraction of sp³-hybridized carbons (Fsp3) is 0.538. The lowest BCUT2D eigenvalue weighted by Gasteiger charge is -2.21. The van der Waals surface area contributed by atoms with Crippen LogP contribution in [0.4, 0.5) is 0 Å². The second-order valence-electron chi connectivity index (χ2n) is 4.85. The lowest BCUT2D eigenvalue weighted by molar-refractivity contribution is 0.429. The number of hydrogen-bond donors (Lipinski definition) is 1. The van der Waals surface area contributed by atoms with Gasteiger partial charge in [0.15, 0.2) is 0 Å². The van der Waals surface area contributed by atoms with Crippen LogP contribution in [0.3, 0.4) is 0 Å². The monoisotopic (exact) mass is 191 g/mol. The summed E-state index contributed by atoms with van der Waals surface area (Å²) >= 11 is 0. The van der Waals surface area contributed by atoms with Gasteiger partial charge in [0.1, 0.15) is 0 Å². The van der Waals surface area contributed by atoms with Crippen molar-refractivity contribution in [3.05, 3.63) is 36.0 Å². The van der Waals surface area contributed by atoms with Crippen molar-refractivity contribution in [1.82, 2.24) is 5.32 Å². The third kappa shape index (κ3) is 3.93. The molecule has 0 atom stereocenters. The molecule has 0 amide bonds. The summed E-state index contributed by atoms with van der Waals surface area (Å²) in [6.45, 7) is 11.7. The van der Waals surface area contributed by atoms with E-state index in [1.165, 1.54) is 11.1 Å². The van der Waals surface area contributed by atoms with Crippen LogP contribution < -0.4 is 5.32 Å². The van der Waals surface area contributed by atoms with Crippen LogP contribution in [0.5, 0.6) is 0 Å². The minimum Gasteiger partial charge on any atom is -0.312 e. The Balaban J connectivity index is 2.22. The lowest BCUT2D eigenvalue weighted by Crippen LogP contribution is -2.36. The van der Waals surface area contributed by atoms with Crippen LogP contribution in [0.2, 0.25) is 0 Å². The largest absolute Gasteiger partial charge is 0.312 e. The van der Waals surface area contributed by atoms with E-state index < -0.39 is 0 Å². The van der Waals surface area contributed by atoms with Crippen LogP contribution in [0.1, 0.15) is 33.6 Å². The number of nitrogens with one attached hydrogen (secondary N) is 1. The minimum atomic E-state index is 0.211. The van der Waals surface area contributed by atoms with Crippen LogP contribution in [-0.2, 0) is 0 Å². The van der Waals surface area contributed by atoms with E-state index in [-0.39, 0.29) is 5.54 Å². The smallest absolute Gasteiger partial charge is 0.00966 e. The minimum absolute atomic E-state index is 0.211. The van der Waals surface area contributed by atoms with Gasteiger partial charge in [0, 0.05) is 5.54 Å². The average molecular weight is 191 g/mol. The van der Waals surface area contributed by atoms with Crippen molar-refractivity contribution in [2.24, 2.45) is 0 Å². The molecule has 1 aliphatic carbocycles. The summed E-state index contributed by atoms with van der Waals surface area (Å²) in [6.07, 6.45) is 8.56. The molecule has 0 aromatic carbocycles. The van der Waals surface area contributed by atoms with Gasteiger partial charge in [-0.15, -0.1) is 0 Å². The Morgan fingerprint density at radius 3 is 2.71 bits per heavy atom. The molecule has 0 aromatic rings. The van der Waals surface area contributed by atoms with Gasteiger partial charge in [0.25, 0.3) is 0 Å². The summed E-state index contributed by atoms with van der Waals surface area (Å²) in [5, 5.41) is 3.47. The highest BCUT2D eigenvalue weighted by molar-refractivity contribution is 5.37. The van der Waals surface area contributed by atoms with Crippen molar-refractivity contribution in [1.29, 1.82) is 0 Å². The van der Waals surface area contributed by atoms with Crippen LogP contribution in [0.15, 0.2) is 36.0 Å². The molecule has 0 saturated heterocycles. The Kier molecular flexibility index (Phi) is 3.70. The molecule has 78 valence electrons. The van der Waals surface area contributed by atoms with E-state index in [2.05, 4.69) is 50.9 Å². The predicted octanol–water partition coefficient (Wildman–Crippen LogP) is 3.21. The Morgan fingerprint density at radius 1 is 1.50 bits per heavy atom. The molecule has 0 heterocycles. The Hall–Kier alpha value is -0.820. The van der Waals surface area contributed by atoms with Crippen LogP contribution in [0.25, 0.3) is 0 Å². The molecule has 0 aliphatic heterocycles. The van der Waals surface area contributed by atoms with E-state index in [9.17, 15) is 0 Å². The van der Waals surface area contributed by atoms with Crippen molar-refractivity contribution < 1.29 is 0 Å². The van der Waals surface area contributed by atoms with Crippen LogP contribution >= 0.6 is 0 Å². The van der Waals surface area contributed by atoms with Gasteiger partial charge in [0.05, 0.1) is 0 Å². The molecule has 0 saturated carbocycles. The Morgan fingerprint density at radius 2 is 2.21 bits per heavy atom. The molecule has 0 unspecified atom stereocenters. The van der Waals surface area contributed by atoms with Crippen molar-refractivity contribution in [2.75, 3.05) is 6.54 Å². The van der Waals surface area contributed by atoms with Crippen LogP contribution in [-0.4, -0.2) is 12.1 Å². The third-order valence-corrected chi connectivity index (χ3v) is 2.31. The first-order valence-electron chi connectivity index (χ1n) is 5.28. The van der Waals surface area contributed by atoms with Gasteiger partial charge < -0.3 is 5.32 Å². The second kappa shape index (κ2) is 4.61. The molecule has 0 bridgehead atoms. The molecule has 0 radical (unpaired) electrons. The lowest BCUT2D eigenvalue weighted by atomic mass is 10.0. The Labute approximate surface area is 87.6 Å². The molecule has 1 N–H and O–H groups in total. The van der Waals surface area contributed by atoms with Gasteiger partial charge in [-0.05, 0) is 45.7 Å². The topological polar surface area (TPSA) is 12.0 Å². The fourth-order valence-corrected chi connectivity index (χ4v) is 1.46. The third-order valence-electron chi connectivity index (χ3n) is 2.31. The summed E-state index contributed by atoms with van der Waals surface area (Å²) in [5.74, 6) is 0. The summed E-state index contributed by atoms with van der Waals surface area (Å²) in [7, 11) is 0. The molecular weight excluding hydrogens is 170 g/mol. The molecule has 1 heteroatoms. The van der Waals surface area contributed by atoms with Crippen molar-refractivity contribution in [3.63, 3.8) is 0 Å². The molecule has 1 rings (SSSR count). The summed E-state index contributed by atoms with van der Waals surface area (Å²) in [6, 6.07) is 0. The molecule has 0 aromatic heterocycles. The van der Waals surface area contributed by atoms with E-state index >= 15 is 0 Å². The fourth-order valence-electron chi connectivity index (χ4n) is 1.46. The predicted molar refractivity (Wildman–Crippen MR) is 63.4 cm³/mol. The summed E-state index contributed by atoms with van der Waals surface area (Å²) in [5.41, 5.74) is 2.87. The quantitative estimate of drug-likeness (QED) is 0.719. The van der Waals surface area contributed by atoms with E-state index in [4.69, 9.17) is 0 Å². The maximum absolute atomic E-state index is 4.11. The Bertz CT molecular complexity index is 263. The van der Waals surface area contributed by atoms with Gasteiger partial charge in [-0.25, -0.2) is 0 Å². The molecule has 14 heavy (non-hydrogen) atoms. The van der Waals surface area contributed by atoms with E-state index in [0.29, 0.717) is 0 Å². The van der Waals surface area contributed by atoms with Crippen molar-refractivity contribution in [2.45, 2.75) is 39.2 Å². The first-order chi connectivity index (χ1) is 6.49. The first kappa shape index (κ1) is 11.3. The second-order valence-corrected chi connectivity index (χ2v) is 4.85. The van der Waals surface area contributed by atoms with E-state index in [1.807, 2.05) is 0 Å². The zero-order chi connectivity index (χ0) is 10.6. The van der Waals surface area contributed by atoms with Gasteiger partial charge in [0.2, 0.25) is 0 Å². The van der Waals surface area contributed by atoms with E-state index in [1.54, 1.807) is 0 Å². The highest BCUT2D eigenvalue weighted by Gasteiger charge is 2.09. The highest BCUT2D eigenvalue weighted by atomic mass is 14.9. The van der Waals surface area contributed by atoms with Gasteiger partial charge in [-0.3, -0.25) is 0 Å². The molecular formula is C13H21N. The number of allylic oxidation sites excluding steroid dienone is 4. The highest BCUT2D eigenvalue weighted by Crippen LogP contribution is 2.20. The molecule has 1 aliphatic rings. The number of hydrogen-bond acceptors (Lipinski definition) is 1. The summed E-state index contributed by atoms with van der Waals surface area (Å²) in [4.78, 5) is 0. The van der Waals surface area contributed by atoms with Crippen molar-refractivity contribution >= 4 is 0 Å². The zero-order valence-electron chi connectivity index (χ0n) is 9.56. The van der Waals surface area contributed by atoms with Crippen molar-refractivity contribution in [3.8, 4) is 0 Å². The molecule has 1 nitrogen and oxygen atoms in total. The number of rotatable bonds is 4. The first-order valence-corrected chi connectivity index (χ1v) is 5.28. The molecule has 0 fully saturated rings. The van der Waals surface area contributed by atoms with Gasteiger partial charge in [-0.2, -0.15) is 0 Å². The normalized spacial score (nSPS) is 15.8. The maximum atomic E-state index is 4.11. The maximum Gasteiger partial charge on any atom is 0.00966 e. The van der Waals surface area contributed by atoms with Gasteiger partial charge in [-0.1, -0.05) is 30.4 Å². The summed E-state index contributed by atoms with van der Waals surface area (Å²) < 4.78 is 0. The van der Waals surface area contributed by atoms with Crippen LogP contribution in [0, 0.1) is 0 Å². The average Bonchev–Trinajstić information content (AvgIpc) is 2.53. The standard InChI is InChI=1S/C13H21N/c1-11(12-7-5-6-8-12)9-10-14-13(2,3)4/h5-7,14H,1,8-10H2,2-4H3. The molecule has 0 spiro atoms. The SMILES string of the molecule is C=C(CCNC(C)(C)C)C1=CC=CC1. The van der Waals surface area contributed by atoms with Gasteiger partial charge >= 0.3 is 0 Å². The zero-order valence-corrected chi connectivity index (χ0v) is 9.56. The van der Waals surface area contributed by atoms with E-state index in [0.717, 1.165) is 19.4 Å².